The minimum Gasteiger partial charge on any atom is -0.386 e. The number of aliphatic hydroxyl groups is 1. The molecule has 0 bridgehead atoms. The molecule has 0 aliphatic carbocycles. The summed E-state index contributed by atoms with van der Waals surface area (Å²) in [4.78, 5) is 1.81. The summed E-state index contributed by atoms with van der Waals surface area (Å²) in [5.74, 6) is 0. The van der Waals surface area contributed by atoms with Gasteiger partial charge in [-0.1, -0.05) is 30.3 Å². The quantitative estimate of drug-likeness (QED) is 0.719. The van der Waals surface area contributed by atoms with E-state index >= 15 is 0 Å². The lowest BCUT2D eigenvalue weighted by Crippen LogP contribution is -2.20. The molecule has 0 fully saturated rings. The summed E-state index contributed by atoms with van der Waals surface area (Å²) in [6.45, 7) is 1.19. The maximum Gasteiger partial charge on any atom is 0.101 e. The van der Waals surface area contributed by atoms with Crippen molar-refractivity contribution in [3.05, 3.63) is 65.0 Å². The molecule has 120 valence electrons. The lowest BCUT2D eigenvalue weighted by molar-refractivity contribution is 0.178. The summed E-state index contributed by atoms with van der Waals surface area (Å²) >= 11 is 1.63. The Kier molecular flexibility index (Phi) is 5.23. The molecule has 1 aromatic heterocycles. The van der Waals surface area contributed by atoms with Crippen molar-refractivity contribution in [1.82, 2.24) is 5.32 Å². The van der Waals surface area contributed by atoms with Crippen LogP contribution in [0.5, 0.6) is 0 Å². The molecule has 0 spiro atoms. The van der Waals surface area contributed by atoms with E-state index in [1.54, 1.807) is 17.6 Å². The van der Waals surface area contributed by atoms with E-state index < -0.39 is 16.9 Å². The van der Waals surface area contributed by atoms with Crippen molar-refractivity contribution in [2.75, 3.05) is 12.8 Å². The average Bonchev–Trinajstić information content (AvgIpc) is 2.99. The SMILES string of the molecule is CS(=O)c1ccc(CNCC(O)c2cc3ccccc3s2)cc1. The zero-order valence-electron chi connectivity index (χ0n) is 12.9. The highest BCUT2D eigenvalue weighted by atomic mass is 32.2. The fourth-order valence-corrected chi connectivity index (χ4v) is 3.99. The molecule has 3 aromatic rings. The molecule has 0 saturated carbocycles. The van der Waals surface area contributed by atoms with Gasteiger partial charge in [-0.2, -0.15) is 0 Å². The van der Waals surface area contributed by atoms with Gasteiger partial charge in [0, 0.05) is 44.6 Å². The highest BCUT2D eigenvalue weighted by molar-refractivity contribution is 7.84. The molecule has 0 amide bonds. The van der Waals surface area contributed by atoms with Crippen LogP contribution < -0.4 is 5.32 Å². The zero-order valence-corrected chi connectivity index (χ0v) is 14.5. The number of benzene rings is 2. The number of aliphatic hydroxyl groups excluding tert-OH is 1. The predicted octanol–water partition coefficient (Wildman–Crippen LogP) is 3.46. The van der Waals surface area contributed by atoms with Gasteiger partial charge in [0.05, 0.1) is 0 Å². The Morgan fingerprint density at radius 3 is 2.61 bits per heavy atom. The van der Waals surface area contributed by atoms with E-state index in [2.05, 4.69) is 23.5 Å². The van der Waals surface area contributed by atoms with Crippen LogP contribution in [0.1, 0.15) is 16.5 Å². The van der Waals surface area contributed by atoms with Crippen LogP contribution in [0, 0.1) is 0 Å². The normalized spacial score (nSPS) is 14.0. The van der Waals surface area contributed by atoms with Crippen LogP contribution in [0.25, 0.3) is 10.1 Å². The smallest absolute Gasteiger partial charge is 0.101 e. The molecule has 23 heavy (non-hydrogen) atoms. The van der Waals surface area contributed by atoms with E-state index in [0.29, 0.717) is 13.1 Å². The van der Waals surface area contributed by atoms with Crippen LogP contribution in [-0.2, 0) is 17.3 Å². The number of fused-ring (bicyclic) bond motifs is 1. The van der Waals surface area contributed by atoms with Crippen LogP contribution >= 0.6 is 11.3 Å². The van der Waals surface area contributed by atoms with Gasteiger partial charge >= 0.3 is 0 Å². The highest BCUT2D eigenvalue weighted by Crippen LogP contribution is 2.29. The second-order valence-corrected chi connectivity index (χ2v) is 7.93. The Morgan fingerprint density at radius 2 is 1.91 bits per heavy atom. The standard InChI is InChI=1S/C18H19NO2S2/c1-23(21)15-8-6-13(7-9-15)11-19-12-16(20)18-10-14-4-2-3-5-17(14)22-18/h2-10,16,19-20H,11-12H2,1H3. The molecule has 1 heterocycles. The van der Waals surface area contributed by atoms with E-state index in [-0.39, 0.29) is 0 Å². The molecule has 5 heteroatoms. The molecular formula is C18H19NO2S2. The lowest BCUT2D eigenvalue weighted by Gasteiger charge is -2.10. The summed E-state index contributed by atoms with van der Waals surface area (Å²) in [7, 11) is -0.942. The second-order valence-electron chi connectivity index (χ2n) is 5.43. The molecule has 3 nitrogen and oxygen atoms in total. The van der Waals surface area contributed by atoms with Gasteiger partial charge in [0.15, 0.2) is 0 Å². The number of hydrogen-bond acceptors (Lipinski definition) is 4. The van der Waals surface area contributed by atoms with Crippen molar-refractivity contribution >= 4 is 32.2 Å². The maximum absolute atomic E-state index is 11.4. The minimum absolute atomic E-state index is 0.505. The topological polar surface area (TPSA) is 49.3 Å². The van der Waals surface area contributed by atoms with E-state index in [9.17, 15) is 9.32 Å². The van der Waals surface area contributed by atoms with Gasteiger partial charge in [-0.15, -0.1) is 11.3 Å². The molecule has 0 aliphatic rings. The molecule has 2 N–H and O–H groups in total. The molecular weight excluding hydrogens is 326 g/mol. The summed E-state index contributed by atoms with van der Waals surface area (Å²) in [6.07, 6.45) is 1.17. The maximum atomic E-state index is 11.4. The fraction of sp³-hybridized carbons (Fsp3) is 0.222. The summed E-state index contributed by atoms with van der Waals surface area (Å²) < 4.78 is 12.6. The molecule has 3 rings (SSSR count). The van der Waals surface area contributed by atoms with Crippen molar-refractivity contribution in [1.29, 1.82) is 0 Å². The first-order valence-corrected chi connectivity index (χ1v) is 9.80. The lowest BCUT2D eigenvalue weighted by atomic mass is 10.2. The van der Waals surface area contributed by atoms with Gasteiger partial charge in [0.2, 0.25) is 0 Å². The van der Waals surface area contributed by atoms with Crippen LogP contribution in [0.4, 0.5) is 0 Å². The van der Waals surface area contributed by atoms with Crippen molar-refractivity contribution in [3.63, 3.8) is 0 Å². The van der Waals surface area contributed by atoms with E-state index in [1.807, 2.05) is 36.4 Å². The third-order valence-electron chi connectivity index (χ3n) is 3.70. The minimum atomic E-state index is -0.942. The van der Waals surface area contributed by atoms with Crippen LogP contribution in [-0.4, -0.2) is 22.1 Å². The van der Waals surface area contributed by atoms with Gasteiger partial charge in [0.1, 0.15) is 6.10 Å². The van der Waals surface area contributed by atoms with Gasteiger partial charge in [-0.3, -0.25) is 4.21 Å². The Bertz CT molecular complexity index is 778. The first-order chi connectivity index (χ1) is 11.1. The largest absolute Gasteiger partial charge is 0.386 e. The molecule has 2 unspecified atom stereocenters. The third kappa shape index (κ3) is 4.06. The number of rotatable bonds is 6. The summed E-state index contributed by atoms with van der Waals surface area (Å²) in [5, 5.41) is 14.8. The summed E-state index contributed by atoms with van der Waals surface area (Å²) in [5.41, 5.74) is 1.11. The monoisotopic (exact) mass is 345 g/mol. The van der Waals surface area contributed by atoms with Gasteiger partial charge in [-0.25, -0.2) is 0 Å². The molecule has 0 saturated heterocycles. The Balaban J connectivity index is 1.56. The second kappa shape index (κ2) is 7.36. The highest BCUT2D eigenvalue weighted by Gasteiger charge is 2.11. The van der Waals surface area contributed by atoms with Gasteiger partial charge in [0.25, 0.3) is 0 Å². The third-order valence-corrected chi connectivity index (χ3v) is 5.85. The summed E-state index contributed by atoms with van der Waals surface area (Å²) in [6, 6.07) is 17.9. The van der Waals surface area contributed by atoms with E-state index in [1.165, 1.54) is 10.1 Å². The average molecular weight is 345 g/mol. The molecule has 0 aliphatic heterocycles. The Hall–Kier alpha value is -1.53. The predicted molar refractivity (Wildman–Crippen MR) is 97.3 cm³/mol. The molecule has 2 aromatic carbocycles. The Morgan fingerprint density at radius 1 is 1.17 bits per heavy atom. The van der Waals surface area contributed by atoms with Crippen molar-refractivity contribution in [2.45, 2.75) is 17.5 Å². The molecule has 0 radical (unpaired) electrons. The Labute approximate surface area is 142 Å². The van der Waals surface area contributed by atoms with Crippen molar-refractivity contribution in [3.8, 4) is 0 Å². The van der Waals surface area contributed by atoms with Crippen molar-refractivity contribution in [2.24, 2.45) is 0 Å². The van der Waals surface area contributed by atoms with Crippen LogP contribution in [0.15, 0.2) is 59.5 Å². The number of hydrogen-bond donors (Lipinski definition) is 2. The van der Waals surface area contributed by atoms with Crippen LogP contribution in [0.3, 0.4) is 0 Å². The van der Waals surface area contributed by atoms with E-state index in [4.69, 9.17) is 0 Å². The van der Waals surface area contributed by atoms with E-state index in [0.717, 1.165) is 15.3 Å². The van der Waals surface area contributed by atoms with Gasteiger partial charge in [-0.05, 0) is 35.2 Å². The number of nitrogens with one attached hydrogen (secondary N) is 1. The van der Waals surface area contributed by atoms with Gasteiger partial charge < -0.3 is 10.4 Å². The van der Waals surface area contributed by atoms with Crippen LogP contribution in [0.2, 0.25) is 0 Å². The number of thiophene rings is 1. The zero-order chi connectivity index (χ0) is 16.2. The first kappa shape index (κ1) is 16.3. The van der Waals surface area contributed by atoms with Crippen molar-refractivity contribution < 1.29 is 9.32 Å². The fourth-order valence-electron chi connectivity index (χ4n) is 2.42. The first-order valence-electron chi connectivity index (χ1n) is 7.43. The molecule has 2 atom stereocenters.